The molecule has 1 aromatic carbocycles. The van der Waals surface area contributed by atoms with E-state index in [1.165, 1.54) is 13.2 Å². The van der Waals surface area contributed by atoms with Crippen molar-refractivity contribution in [2.45, 2.75) is 20.3 Å². The van der Waals surface area contributed by atoms with Gasteiger partial charge in [0, 0.05) is 11.6 Å². The van der Waals surface area contributed by atoms with Crippen LogP contribution in [-0.4, -0.2) is 19.4 Å². The van der Waals surface area contributed by atoms with E-state index in [4.69, 9.17) is 0 Å². The van der Waals surface area contributed by atoms with E-state index in [1.54, 1.807) is 6.08 Å². The van der Waals surface area contributed by atoms with Gasteiger partial charge < -0.3 is 4.74 Å². The molecule has 0 fully saturated rings. The summed E-state index contributed by atoms with van der Waals surface area (Å²) < 4.78 is 4.55. The summed E-state index contributed by atoms with van der Waals surface area (Å²) in [5, 5.41) is 0. The SMILES string of the molecule is CCc1cc(C=O)cc(C)c1C=CC(=O)OC. The van der Waals surface area contributed by atoms with Crippen molar-refractivity contribution in [3.05, 3.63) is 40.5 Å². The third-order valence-corrected chi connectivity index (χ3v) is 2.60. The van der Waals surface area contributed by atoms with Crippen molar-refractivity contribution in [2.24, 2.45) is 0 Å². The van der Waals surface area contributed by atoms with Gasteiger partial charge in [0.25, 0.3) is 0 Å². The minimum Gasteiger partial charge on any atom is -0.466 e. The average Bonchev–Trinajstić information content (AvgIpc) is 2.35. The lowest BCUT2D eigenvalue weighted by molar-refractivity contribution is -0.134. The number of carbonyl (C=O) groups is 2. The molecule has 0 aliphatic rings. The number of aldehydes is 1. The number of aryl methyl sites for hydroxylation is 2. The highest BCUT2D eigenvalue weighted by atomic mass is 16.5. The first-order valence-electron chi connectivity index (χ1n) is 5.47. The summed E-state index contributed by atoms with van der Waals surface area (Å²) in [6.45, 7) is 3.93. The molecule has 0 saturated heterocycles. The Bertz CT molecular complexity index is 459. The summed E-state index contributed by atoms with van der Waals surface area (Å²) in [6.07, 6.45) is 4.76. The summed E-state index contributed by atoms with van der Waals surface area (Å²) in [4.78, 5) is 21.8. The molecule has 0 aliphatic carbocycles. The van der Waals surface area contributed by atoms with Gasteiger partial charge in [-0.25, -0.2) is 4.79 Å². The molecule has 0 radical (unpaired) electrons. The van der Waals surface area contributed by atoms with Crippen molar-refractivity contribution >= 4 is 18.3 Å². The fraction of sp³-hybridized carbons (Fsp3) is 0.286. The highest BCUT2D eigenvalue weighted by Crippen LogP contribution is 2.19. The second kappa shape index (κ2) is 5.99. The Morgan fingerprint density at radius 1 is 1.41 bits per heavy atom. The molecule has 1 rings (SSSR count). The number of hydrogen-bond donors (Lipinski definition) is 0. The molecule has 0 heterocycles. The van der Waals surface area contributed by atoms with Crippen LogP contribution in [0.3, 0.4) is 0 Å². The highest BCUT2D eigenvalue weighted by Gasteiger charge is 2.05. The molecule has 0 unspecified atom stereocenters. The second-order valence-corrected chi connectivity index (χ2v) is 3.74. The Kier molecular flexibility index (Phi) is 4.64. The van der Waals surface area contributed by atoms with Gasteiger partial charge in [-0.2, -0.15) is 0 Å². The van der Waals surface area contributed by atoms with E-state index in [-0.39, 0.29) is 5.97 Å². The number of carbonyl (C=O) groups excluding carboxylic acids is 2. The zero-order valence-corrected chi connectivity index (χ0v) is 10.3. The Hall–Kier alpha value is -1.90. The zero-order chi connectivity index (χ0) is 12.8. The molecule has 0 aromatic heterocycles. The van der Waals surface area contributed by atoms with Gasteiger partial charge in [0.1, 0.15) is 6.29 Å². The van der Waals surface area contributed by atoms with E-state index in [9.17, 15) is 9.59 Å². The monoisotopic (exact) mass is 232 g/mol. The van der Waals surface area contributed by atoms with Crippen LogP contribution in [0.25, 0.3) is 6.08 Å². The van der Waals surface area contributed by atoms with Crippen molar-refractivity contribution in [3.63, 3.8) is 0 Å². The maximum Gasteiger partial charge on any atom is 0.330 e. The maximum absolute atomic E-state index is 11.1. The molecule has 0 aliphatic heterocycles. The maximum atomic E-state index is 11.1. The minimum absolute atomic E-state index is 0.383. The Morgan fingerprint density at radius 2 is 2.12 bits per heavy atom. The van der Waals surface area contributed by atoms with E-state index < -0.39 is 0 Å². The first-order valence-corrected chi connectivity index (χ1v) is 5.47. The Morgan fingerprint density at radius 3 is 2.65 bits per heavy atom. The summed E-state index contributed by atoms with van der Waals surface area (Å²) in [7, 11) is 1.34. The summed E-state index contributed by atoms with van der Waals surface area (Å²) in [6, 6.07) is 3.65. The molecule has 0 spiro atoms. The van der Waals surface area contributed by atoms with Crippen molar-refractivity contribution in [3.8, 4) is 0 Å². The number of benzene rings is 1. The van der Waals surface area contributed by atoms with Gasteiger partial charge >= 0.3 is 5.97 Å². The summed E-state index contributed by atoms with van der Waals surface area (Å²) in [5.74, 6) is -0.383. The quantitative estimate of drug-likeness (QED) is 0.455. The topological polar surface area (TPSA) is 43.4 Å². The third kappa shape index (κ3) is 3.28. The third-order valence-electron chi connectivity index (χ3n) is 2.60. The van der Waals surface area contributed by atoms with Crippen LogP contribution in [0.2, 0.25) is 0 Å². The van der Waals surface area contributed by atoms with Gasteiger partial charge in [0.15, 0.2) is 0 Å². The molecule has 3 heteroatoms. The predicted molar refractivity (Wildman–Crippen MR) is 67.0 cm³/mol. The number of ether oxygens (including phenoxy) is 1. The van der Waals surface area contributed by atoms with Crippen molar-refractivity contribution in [1.29, 1.82) is 0 Å². The average molecular weight is 232 g/mol. The molecular weight excluding hydrogens is 216 g/mol. The number of esters is 1. The number of methoxy groups -OCH3 is 1. The van der Waals surface area contributed by atoms with Crippen LogP contribution in [0.4, 0.5) is 0 Å². The molecule has 1 aromatic rings. The summed E-state index contributed by atoms with van der Waals surface area (Å²) >= 11 is 0. The molecule has 0 saturated carbocycles. The van der Waals surface area contributed by atoms with E-state index in [1.807, 2.05) is 26.0 Å². The van der Waals surface area contributed by atoms with Crippen molar-refractivity contribution < 1.29 is 14.3 Å². The largest absolute Gasteiger partial charge is 0.466 e. The van der Waals surface area contributed by atoms with E-state index >= 15 is 0 Å². The van der Waals surface area contributed by atoms with Gasteiger partial charge in [0.2, 0.25) is 0 Å². The van der Waals surface area contributed by atoms with Crippen LogP contribution < -0.4 is 0 Å². The molecular formula is C14H16O3. The van der Waals surface area contributed by atoms with Gasteiger partial charge in [-0.3, -0.25) is 4.79 Å². The number of rotatable bonds is 4. The normalized spacial score (nSPS) is 10.5. The molecule has 0 N–H and O–H groups in total. The van der Waals surface area contributed by atoms with Crippen LogP contribution in [0.5, 0.6) is 0 Å². The fourth-order valence-corrected chi connectivity index (χ4v) is 1.72. The molecule has 0 atom stereocenters. The lowest BCUT2D eigenvalue weighted by atomic mass is 9.97. The van der Waals surface area contributed by atoms with Gasteiger partial charge in [-0.15, -0.1) is 0 Å². The van der Waals surface area contributed by atoms with E-state index in [0.717, 1.165) is 29.4 Å². The van der Waals surface area contributed by atoms with Crippen LogP contribution >= 0.6 is 0 Å². The van der Waals surface area contributed by atoms with Crippen molar-refractivity contribution in [1.82, 2.24) is 0 Å². The van der Waals surface area contributed by atoms with Gasteiger partial charge in [0.05, 0.1) is 7.11 Å². The van der Waals surface area contributed by atoms with Crippen LogP contribution in [0, 0.1) is 6.92 Å². The smallest absolute Gasteiger partial charge is 0.330 e. The van der Waals surface area contributed by atoms with Gasteiger partial charge in [-0.1, -0.05) is 6.92 Å². The molecule has 17 heavy (non-hydrogen) atoms. The first kappa shape index (κ1) is 13.2. The minimum atomic E-state index is -0.383. The first-order chi connectivity index (χ1) is 8.12. The summed E-state index contributed by atoms with van der Waals surface area (Å²) in [5.41, 5.74) is 3.66. The van der Waals surface area contributed by atoms with Crippen LogP contribution in [-0.2, 0) is 16.0 Å². The number of hydrogen-bond acceptors (Lipinski definition) is 3. The van der Waals surface area contributed by atoms with Crippen molar-refractivity contribution in [2.75, 3.05) is 7.11 Å². The van der Waals surface area contributed by atoms with E-state index in [0.29, 0.717) is 5.56 Å². The van der Waals surface area contributed by atoms with Crippen LogP contribution in [0.1, 0.15) is 34.0 Å². The molecule has 90 valence electrons. The lowest BCUT2D eigenvalue weighted by Crippen LogP contribution is -1.97. The zero-order valence-electron chi connectivity index (χ0n) is 10.3. The predicted octanol–water partition coefficient (Wildman–Crippen LogP) is 2.56. The molecule has 0 amide bonds. The lowest BCUT2D eigenvalue weighted by Gasteiger charge is -2.08. The van der Waals surface area contributed by atoms with Gasteiger partial charge in [-0.05, 0) is 48.2 Å². The second-order valence-electron chi connectivity index (χ2n) is 3.74. The Balaban J connectivity index is 3.18. The van der Waals surface area contributed by atoms with E-state index in [2.05, 4.69) is 4.74 Å². The standard InChI is InChI=1S/C14H16O3/c1-4-12-8-11(9-15)7-10(2)13(12)5-6-14(16)17-3/h5-9H,4H2,1-3H3. The molecule has 0 bridgehead atoms. The molecule has 3 nitrogen and oxygen atoms in total. The van der Waals surface area contributed by atoms with Crippen LogP contribution in [0.15, 0.2) is 18.2 Å². The Labute approximate surface area is 101 Å². The fourth-order valence-electron chi connectivity index (χ4n) is 1.72. The highest BCUT2D eigenvalue weighted by molar-refractivity contribution is 5.88.